The summed E-state index contributed by atoms with van der Waals surface area (Å²) in [6.07, 6.45) is 1.60. The van der Waals surface area contributed by atoms with Gasteiger partial charge in [-0.1, -0.05) is 6.07 Å². The van der Waals surface area contributed by atoms with Gasteiger partial charge in [0.15, 0.2) is 0 Å². The third kappa shape index (κ3) is 4.99. The van der Waals surface area contributed by atoms with Crippen molar-refractivity contribution in [1.29, 1.82) is 0 Å². The van der Waals surface area contributed by atoms with Crippen molar-refractivity contribution in [3.8, 4) is 0 Å². The van der Waals surface area contributed by atoms with Crippen molar-refractivity contribution in [3.05, 3.63) is 64.5 Å². The lowest BCUT2D eigenvalue weighted by molar-refractivity contribution is 0.0819. The van der Waals surface area contributed by atoms with Gasteiger partial charge in [-0.25, -0.2) is 13.8 Å². The average molecular weight is 416 g/mol. The van der Waals surface area contributed by atoms with Crippen LogP contribution in [0.25, 0.3) is 0 Å². The fourth-order valence-electron chi connectivity index (χ4n) is 3.64. The zero-order valence-electron chi connectivity index (χ0n) is 17.4. The van der Waals surface area contributed by atoms with Gasteiger partial charge in [0.05, 0.1) is 11.3 Å². The number of nitrogens with one attached hydrogen (secondary N) is 1. The molecule has 2 amide bonds. The summed E-state index contributed by atoms with van der Waals surface area (Å²) in [5.41, 5.74) is 1.21. The number of amides is 2. The van der Waals surface area contributed by atoms with Gasteiger partial charge < -0.3 is 10.2 Å². The highest BCUT2D eigenvalue weighted by Crippen LogP contribution is 2.19. The van der Waals surface area contributed by atoms with Crippen LogP contribution < -0.4 is 5.32 Å². The van der Waals surface area contributed by atoms with Crippen LogP contribution in [0.2, 0.25) is 0 Å². The number of halogens is 2. The Bertz CT molecular complexity index is 928. The summed E-state index contributed by atoms with van der Waals surface area (Å²) >= 11 is 0. The Labute approximate surface area is 174 Å². The van der Waals surface area contributed by atoms with Gasteiger partial charge in [0, 0.05) is 38.8 Å². The lowest BCUT2D eigenvalue weighted by Crippen LogP contribution is -2.47. The zero-order chi connectivity index (χ0) is 21.8. The lowest BCUT2D eigenvalue weighted by Gasteiger charge is -2.33. The minimum absolute atomic E-state index is 0.0469. The SMILES string of the molecule is Cc1nc(C(=O)N(C)C)ccc1C(=O)NC1CCCN(Cc2c(F)cccc2F)C1. The molecule has 1 saturated heterocycles. The van der Waals surface area contributed by atoms with Gasteiger partial charge in [-0.15, -0.1) is 0 Å². The smallest absolute Gasteiger partial charge is 0.271 e. The maximum absolute atomic E-state index is 13.9. The maximum atomic E-state index is 13.9. The van der Waals surface area contributed by atoms with E-state index in [9.17, 15) is 18.4 Å². The van der Waals surface area contributed by atoms with Gasteiger partial charge in [0.2, 0.25) is 0 Å². The van der Waals surface area contributed by atoms with Crippen LogP contribution in [-0.4, -0.2) is 59.8 Å². The lowest BCUT2D eigenvalue weighted by atomic mass is 10.0. The van der Waals surface area contributed by atoms with Gasteiger partial charge in [-0.3, -0.25) is 14.5 Å². The van der Waals surface area contributed by atoms with E-state index >= 15 is 0 Å². The van der Waals surface area contributed by atoms with Crippen molar-refractivity contribution in [3.63, 3.8) is 0 Å². The monoisotopic (exact) mass is 416 g/mol. The molecule has 1 aromatic heterocycles. The van der Waals surface area contributed by atoms with Crippen molar-refractivity contribution in [1.82, 2.24) is 20.1 Å². The van der Waals surface area contributed by atoms with Crippen LogP contribution in [0.5, 0.6) is 0 Å². The van der Waals surface area contributed by atoms with Crippen molar-refractivity contribution in [2.75, 3.05) is 27.2 Å². The van der Waals surface area contributed by atoms with Crippen molar-refractivity contribution in [2.45, 2.75) is 32.4 Å². The molecule has 8 heteroatoms. The Balaban J connectivity index is 1.65. The van der Waals surface area contributed by atoms with Crippen molar-refractivity contribution < 1.29 is 18.4 Å². The summed E-state index contributed by atoms with van der Waals surface area (Å²) in [6.45, 7) is 3.06. The summed E-state index contributed by atoms with van der Waals surface area (Å²) in [4.78, 5) is 32.4. The molecule has 1 aliphatic heterocycles. The summed E-state index contributed by atoms with van der Waals surface area (Å²) in [5, 5.41) is 2.99. The second kappa shape index (κ2) is 9.30. The van der Waals surface area contributed by atoms with Crippen molar-refractivity contribution >= 4 is 11.8 Å². The van der Waals surface area contributed by atoms with Crippen LogP contribution >= 0.6 is 0 Å². The van der Waals surface area contributed by atoms with Gasteiger partial charge in [-0.05, 0) is 50.6 Å². The molecule has 1 fully saturated rings. The molecule has 2 heterocycles. The third-order valence-electron chi connectivity index (χ3n) is 5.24. The standard InChI is InChI=1S/C22H26F2N4O2/c1-14-16(9-10-20(25-14)22(30)27(2)3)21(29)26-15-6-5-11-28(12-15)13-17-18(23)7-4-8-19(17)24/h4,7-10,15H,5-6,11-13H2,1-3H3,(H,26,29). The largest absolute Gasteiger partial charge is 0.348 e. The van der Waals surface area contributed by atoms with E-state index in [1.165, 1.54) is 23.1 Å². The predicted octanol–water partition coefficient (Wildman–Crippen LogP) is 2.76. The number of piperidine rings is 1. The Morgan fingerprint density at radius 2 is 1.90 bits per heavy atom. The average Bonchev–Trinajstić information content (AvgIpc) is 2.70. The van der Waals surface area contributed by atoms with Gasteiger partial charge in [0.25, 0.3) is 11.8 Å². The Morgan fingerprint density at radius 3 is 2.53 bits per heavy atom. The van der Waals surface area contributed by atoms with Crippen LogP contribution in [-0.2, 0) is 6.54 Å². The first-order valence-electron chi connectivity index (χ1n) is 9.91. The molecule has 2 aromatic rings. The highest BCUT2D eigenvalue weighted by Gasteiger charge is 2.24. The minimum atomic E-state index is -0.560. The van der Waals surface area contributed by atoms with Gasteiger partial charge in [-0.2, -0.15) is 0 Å². The molecule has 0 spiro atoms. The van der Waals surface area contributed by atoms with E-state index in [1.807, 2.05) is 4.90 Å². The molecule has 1 atom stereocenters. The number of aryl methyl sites for hydroxylation is 1. The third-order valence-corrected chi connectivity index (χ3v) is 5.24. The highest BCUT2D eigenvalue weighted by molar-refractivity contribution is 5.97. The number of rotatable bonds is 5. The van der Waals surface area contributed by atoms with Crippen LogP contribution in [0.4, 0.5) is 8.78 Å². The molecule has 1 N–H and O–H groups in total. The highest BCUT2D eigenvalue weighted by atomic mass is 19.1. The fourth-order valence-corrected chi connectivity index (χ4v) is 3.64. The first-order valence-corrected chi connectivity index (χ1v) is 9.91. The summed E-state index contributed by atoms with van der Waals surface area (Å²) in [6, 6.07) is 6.86. The van der Waals surface area contributed by atoms with Crippen LogP contribution in [0, 0.1) is 18.6 Å². The fraction of sp³-hybridized carbons (Fsp3) is 0.409. The topological polar surface area (TPSA) is 65.5 Å². The number of hydrogen-bond donors (Lipinski definition) is 1. The first kappa shape index (κ1) is 21.8. The first-order chi connectivity index (χ1) is 14.3. The zero-order valence-corrected chi connectivity index (χ0v) is 17.4. The molecule has 1 aliphatic rings. The number of hydrogen-bond acceptors (Lipinski definition) is 4. The van der Waals surface area contributed by atoms with Gasteiger partial charge >= 0.3 is 0 Å². The van der Waals surface area contributed by atoms with Crippen LogP contribution in [0.3, 0.4) is 0 Å². The predicted molar refractivity (Wildman–Crippen MR) is 109 cm³/mol. The van der Waals surface area contributed by atoms with Crippen molar-refractivity contribution in [2.24, 2.45) is 0 Å². The van der Waals surface area contributed by atoms with E-state index in [-0.39, 0.29) is 35.7 Å². The van der Waals surface area contributed by atoms with E-state index in [0.717, 1.165) is 12.8 Å². The summed E-state index contributed by atoms with van der Waals surface area (Å²) in [7, 11) is 3.28. The molecule has 6 nitrogen and oxygen atoms in total. The van der Waals surface area contributed by atoms with E-state index in [1.54, 1.807) is 33.2 Å². The number of benzene rings is 1. The van der Waals surface area contributed by atoms with Crippen LogP contribution in [0.1, 0.15) is 44.9 Å². The normalized spacial score (nSPS) is 16.9. The number of nitrogens with zero attached hydrogens (tertiary/aromatic N) is 3. The summed E-state index contributed by atoms with van der Waals surface area (Å²) < 4.78 is 27.9. The molecule has 0 aliphatic carbocycles. The number of pyridine rings is 1. The van der Waals surface area contributed by atoms with E-state index in [2.05, 4.69) is 10.3 Å². The molecular formula is C22H26F2N4O2. The molecule has 1 unspecified atom stereocenters. The second-order valence-corrected chi connectivity index (χ2v) is 7.78. The molecular weight excluding hydrogens is 390 g/mol. The molecule has 0 radical (unpaired) electrons. The van der Waals surface area contributed by atoms with E-state index < -0.39 is 11.6 Å². The molecule has 0 saturated carbocycles. The Kier molecular flexibility index (Phi) is 6.77. The molecule has 30 heavy (non-hydrogen) atoms. The maximum Gasteiger partial charge on any atom is 0.271 e. The molecule has 0 bridgehead atoms. The Morgan fingerprint density at radius 1 is 1.20 bits per heavy atom. The molecule has 1 aromatic carbocycles. The number of carbonyl (C=O) groups is 2. The Hall–Kier alpha value is -2.87. The second-order valence-electron chi connectivity index (χ2n) is 7.78. The molecule has 3 rings (SSSR count). The van der Waals surface area contributed by atoms with E-state index in [4.69, 9.17) is 0 Å². The van der Waals surface area contributed by atoms with Crippen LogP contribution in [0.15, 0.2) is 30.3 Å². The summed E-state index contributed by atoms with van der Waals surface area (Å²) in [5.74, 6) is -1.62. The number of carbonyl (C=O) groups excluding carboxylic acids is 2. The van der Waals surface area contributed by atoms with Gasteiger partial charge in [0.1, 0.15) is 17.3 Å². The quantitative estimate of drug-likeness (QED) is 0.814. The minimum Gasteiger partial charge on any atom is -0.348 e. The molecule has 160 valence electrons. The van der Waals surface area contributed by atoms with E-state index in [0.29, 0.717) is 24.3 Å². The number of aromatic nitrogens is 1. The number of likely N-dealkylation sites (tertiary alicyclic amines) is 1.